The fourth-order valence-corrected chi connectivity index (χ4v) is 7.35. The third kappa shape index (κ3) is 4.45. The largest absolute Gasteiger partial charge is 0.381 e. The molecule has 3 aliphatic heterocycles. The first-order valence-electron chi connectivity index (χ1n) is 16.2. The summed E-state index contributed by atoms with van der Waals surface area (Å²) in [5, 5.41) is 8.44. The molecule has 0 saturated heterocycles. The molecule has 4 heteroatoms. The fourth-order valence-electron chi connectivity index (χ4n) is 7.35. The van der Waals surface area contributed by atoms with Crippen molar-refractivity contribution in [3.63, 3.8) is 0 Å². The molecular weight excluding hydrogens is 560 g/mol. The normalized spacial score (nSPS) is 18.2. The summed E-state index contributed by atoms with van der Waals surface area (Å²) in [6.07, 6.45) is 18.8. The number of hydrogen-bond donors (Lipinski definition) is 2. The van der Waals surface area contributed by atoms with Gasteiger partial charge in [0.2, 0.25) is 0 Å². The average molecular weight is 595 g/mol. The first-order valence-corrected chi connectivity index (χ1v) is 16.2. The lowest BCUT2D eigenvalue weighted by Gasteiger charge is -2.32. The lowest BCUT2D eigenvalue weighted by atomic mass is 9.84. The highest BCUT2D eigenvalue weighted by Crippen LogP contribution is 2.49. The van der Waals surface area contributed by atoms with Gasteiger partial charge in [-0.3, -0.25) is 9.47 Å². The van der Waals surface area contributed by atoms with Gasteiger partial charge in [0.05, 0.1) is 16.9 Å². The number of nitrogens with zero attached hydrogens (tertiary/aromatic N) is 2. The molecular formula is C42H34N4. The molecule has 0 amide bonds. The molecule has 4 aromatic carbocycles. The molecule has 2 N–H and O–H groups in total. The predicted octanol–water partition coefficient (Wildman–Crippen LogP) is 9.29. The van der Waals surface area contributed by atoms with Gasteiger partial charge in [0.1, 0.15) is 5.82 Å². The van der Waals surface area contributed by atoms with Crippen molar-refractivity contribution in [2.24, 2.45) is 0 Å². The van der Waals surface area contributed by atoms with E-state index in [1.54, 1.807) is 0 Å². The number of benzene rings is 4. The lowest BCUT2D eigenvalue weighted by molar-refractivity contribution is 0.771. The molecule has 1 aliphatic carbocycles. The van der Waals surface area contributed by atoms with Gasteiger partial charge in [0.15, 0.2) is 0 Å². The number of anilines is 2. The molecule has 0 fully saturated rings. The molecule has 1 unspecified atom stereocenters. The Kier molecular flexibility index (Phi) is 6.38. The van der Waals surface area contributed by atoms with E-state index in [0.29, 0.717) is 0 Å². The topological polar surface area (TPSA) is 32.2 Å². The second kappa shape index (κ2) is 11.0. The van der Waals surface area contributed by atoms with E-state index >= 15 is 0 Å². The molecule has 222 valence electrons. The van der Waals surface area contributed by atoms with E-state index in [4.69, 9.17) is 0 Å². The van der Waals surface area contributed by atoms with Gasteiger partial charge in [-0.15, -0.1) is 0 Å². The van der Waals surface area contributed by atoms with Gasteiger partial charge in [-0.2, -0.15) is 0 Å². The quantitative estimate of drug-likeness (QED) is 0.218. The molecule has 0 spiro atoms. The summed E-state index contributed by atoms with van der Waals surface area (Å²) in [7, 11) is 0. The number of rotatable bonds is 4. The molecule has 1 aromatic heterocycles. The van der Waals surface area contributed by atoms with E-state index < -0.39 is 0 Å². The van der Waals surface area contributed by atoms with Crippen LogP contribution in [-0.2, 0) is 0 Å². The van der Waals surface area contributed by atoms with Crippen LogP contribution in [0.15, 0.2) is 169 Å². The van der Waals surface area contributed by atoms with Crippen LogP contribution in [0.5, 0.6) is 0 Å². The molecule has 46 heavy (non-hydrogen) atoms. The molecule has 4 aliphatic rings. The van der Waals surface area contributed by atoms with Crippen molar-refractivity contribution in [3.8, 4) is 16.8 Å². The molecule has 0 saturated carbocycles. The number of nitrogens with one attached hydrogen (secondary N) is 2. The Bertz CT molecular complexity index is 2200. The minimum atomic E-state index is 0.193. The monoisotopic (exact) mass is 594 g/mol. The summed E-state index contributed by atoms with van der Waals surface area (Å²) < 4.78 is 2.44. The summed E-state index contributed by atoms with van der Waals surface area (Å²) in [4.78, 5) is 2.49. The smallest absolute Gasteiger partial charge is 0.123 e. The van der Waals surface area contributed by atoms with E-state index in [1.807, 2.05) is 0 Å². The van der Waals surface area contributed by atoms with Crippen LogP contribution in [0.4, 0.5) is 11.5 Å². The number of fused-ring (bicyclic) bond motifs is 7. The Morgan fingerprint density at radius 2 is 1.37 bits per heavy atom. The second-order valence-electron chi connectivity index (χ2n) is 12.2. The van der Waals surface area contributed by atoms with Crippen LogP contribution in [0.25, 0.3) is 33.4 Å². The van der Waals surface area contributed by atoms with Crippen LogP contribution in [-0.4, -0.2) is 17.7 Å². The van der Waals surface area contributed by atoms with Gasteiger partial charge in [-0.1, -0.05) is 103 Å². The maximum atomic E-state index is 3.66. The van der Waals surface area contributed by atoms with Crippen molar-refractivity contribution in [1.82, 2.24) is 15.2 Å². The summed E-state index contributed by atoms with van der Waals surface area (Å²) in [5.74, 6) is 1.34. The Labute approximate surface area is 269 Å². The van der Waals surface area contributed by atoms with Crippen molar-refractivity contribution in [1.29, 1.82) is 0 Å². The van der Waals surface area contributed by atoms with E-state index in [9.17, 15) is 0 Å². The maximum Gasteiger partial charge on any atom is 0.123 e. The predicted molar refractivity (Wildman–Crippen MR) is 191 cm³/mol. The van der Waals surface area contributed by atoms with Crippen molar-refractivity contribution in [2.75, 3.05) is 18.0 Å². The molecule has 4 nitrogen and oxygen atoms in total. The number of dihydropyridines is 2. The van der Waals surface area contributed by atoms with E-state index in [0.717, 1.165) is 25.3 Å². The molecule has 0 radical (unpaired) electrons. The third-order valence-corrected chi connectivity index (χ3v) is 9.48. The number of para-hydroxylation sites is 3. The molecule has 4 heterocycles. The van der Waals surface area contributed by atoms with E-state index in [1.165, 1.54) is 67.2 Å². The van der Waals surface area contributed by atoms with Crippen molar-refractivity contribution in [3.05, 3.63) is 180 Å². The highest BCUT2D eigenvalue weighted by atomic mass is 15.3. The van der Waals surface area contributed by atoms with Gasteiger partial charge >= 0.3 is 0 Å². The summed E-state index contributed by atoms with van der Waals surface area (Å²) in [6, 6.07) is 37.8. The first-order chi connectivity index (χ1) is 22.8. The van der Waals surface area contributed by atoms with Gasteiger partial charge < -0.3 is 10.6 Å². The highest BCUT2D eigenvalue weighted by molar-refractivity contribution is 5.97. The van der Waals surface area contributed by atoms with E-state index in [2.05, 4.69) is 172 Å². The summed E-state index contributed by atoms with van der Waals surface area (Å²) in [5.41, 5.74) is 13.4. The fraction of sp³-hybridized carbons (Fsp3) is 0.0952. The van der Waals surface area contributed by atoms with Gasteiger partial charge in [0.25, 0.3) is 0 Å². The van der Waals surface area contributed by atoms with Crippen LogP contribution in [0.1, 0.15) is 23.5 Å². The van der Waals surface area contributed by atoms with Crippen LogP contribution in [0.3, 0.4) is 0 Å². The van der Waals surface area contributed by atoms with E-state index in [-0.39, 0.29) is 5.92 Å². The Morgan fingerprint density at radius 3 is 2.17 bits per heavy atom. The molecule has 5 aromatic rings. The second-order valence-corrected chi connectivity index (χ2v) is 12.2. The van der Waals surface area contributed by atoms with Gasteiger partial charge in [-0.05, 0) is 71.7 Å². The SMILES string of the molecule is C1=CCNC(C2=CC(N3c4ccccc4-c4ccccc4-n4c3cc3ccccc34)=CC(c3cccc(C4=CC=CCN4)c3)C2)=C1. The minimum absolute atomic E-state index is 0.193. The number of hydrogen-bond acceptors (Lipinski definition) is 3. The molecule has 9 rings (SSSR count). The van der Waals surface area contributed by atoms with Crippen molar-refractivity contribution in [2.45, 2.75) is 12.3 Å². The third-order valence-electron chi connectivity index (χ3n) is 9.48. The Hall–Kier alpha value is -5.74. The Morgan fingerprint density at radius 1 is 0.652 bits per heavy atom. The number of aromatic nitrogens is 1. The minimum Gasteiger partial charge on any atom is -0.381 e. The van der Waals surface area contributed by atoms with Gasteiger partial charge in [-0.25, -0.2) is 0 Å². The van der Waals surface area contributed by atoms with Crippen LogP contribution in [0, 0.1) is 0 Å². The summed E-state index contributed by atoms with van der Waals surface area (Å²) in [6.45, 7) is 1.69. The zero-order valence-electron chi connectivity index (χ0n) is 25.5. The zero-order chi connectivity index (χ0) is 30.5. The maximum absolute atomic E-state index is 3.66. The highest BCUT2D eigenvalue weighted by Gasteiger charge is 2.31. The molecule has 1 atom stereocenters. The lowest BCUT2D eigenvalue weighted by Crippen LogP contribution is -2.24. The zero-order valence-corrected chi connectivity index (χ0v) is 25.5. The van der Waals surface area contributed by atoms with Crippen molar-refractivity contribution < 1.29 is 0 Å². The summed E-state index contributed by atoms with van der Waals surface area (Å²) >= 11 is 0. The molecule has 0 bridgehead atoms. The van der Waals surface area contributed by atoms with Crippen LogP contribution >= 0.6 is 0 Å². The van der Waals surface area contributed by atoms with Crippen LogP contribution in [0.2, 0.25) is 0 Å². The standard InChI is InChI=1S/C42H34N4/c1-4-19-39-31(12-1)28-42-45(40-20-5-2-15-35(40)36-16-3-6-21-41(36)46(39)42)34-26-32(25-33(27-34)38-18-8-10-23-44-38)29-13-11-14-30(24-29)37-17-7-9-22-43-37/h1-21,24,26-28,32,43-44H,22-23,25H2. The number of allylic oxidation sites excluding steroid dienone is 7. The van der Waals surface area contributed by atoms with Crippen molar-refractivity contribution >= 4 is 28.1 Å². The van der Waals surface area contributed by atoms with Gasteiger partial charge in [0, 0.05) is 52.6 Å². The average Bonchev–Trinajstić information content (AvgIpc) is 3.46. The Balaban J connectivity index is 1.28. The first kappa shape index (κ1) is 26.6. The van der Waals surface area contributed by atoms with Crippen LogP contribution < -0.4 is 15.5 Å².